The summed E-state index contributed by atoms with van der Waals surface area (Å²) >= 11 is 7.16. The molecule has 2 aromatic carbocycles. The van der Waals surface area contributed by atoms with Crippen molar-refractivity contribution in [3.8, 4) is 11.8 Å². The first-order chi connectivity index (χ1) is 14.0. The fraction of sp³-hybridized carbons (Fsp3) is 0.190. The van der Waals surface area contributed by atoms with Gasteiger partial charge >= 0.3 is 0 Å². The minimum absolute atomic E-state index is 0.0970. The average Bonchev–Trinajstić information content (AvgIpc) is 3.05. The summed E-state index contributed by atoms with van der Waals surface area (Å²) in [6, 6.07) is 16.1. The van der Waals surface area contributed by atoms with Crippen LogP contribution in [0.1, 0.15) is 5.56 Å². The summed E-state index contributed by atoms with van der Waals surface area (Å²) in [4.78, 5) is 26.9. The van der Waals surface area contributed by atoms with E-state index in [4.69, 9.17) is 16.3 Å². The summed E-state index contributed by atoms with van der Waals surface area (Å²) < 4.78 is 5.17. The van der Waals surface area contributed by atoms with Crippen molar-refractivity contribution in [2.45, 2.75) is 11.7 Å². The number of carbonyl (C=O) groups is 2. The van der Waals surface area contributed by atoms with Crippen LogP contribution in [-0.2, 0) is 16.0 Å². The maximum atomic E-state index is 13.2. The molecule has 1 heterocycles. The second-order valence-electron chi connectivity index (χ2n) is 6.18. The van der Waals surface area contributed by atoms with Crippen molar-refractivity contribution < 1.29 is 14.3 Å². The highest BCUT2D eigenvalue weighted by Crippen LogP contribution is 2.42. The van der Waals surface area contributed by atoms with Gasteiger partial charge in [0.25, 0.3) is 5.91 Å². The number of likely N-dealkylation sites (N-methyl/N-ethyl adjacent to an activating group) is 1. The molecular formula is C21H18ClN3O3S. The van der Waals surface area contributed by atoms with Gasteiger partial charge in [0.05, 0.1) is 12.4 Å². The fourth-order valence-electron chi connectivity index (χ4n) is 2.91. The van der Waals surface area contributed by atoms with Gasteiger partial charge in [-0.2, -0.15) is 5.26 Å². The SMILES string of the molecule is CNC(=O)/C(C#N)=C1\SC(Cc2ccc(Cl)cc2)C(=O)N1c1ccc(OC)cc1. The van der Waals surface area contributed by atoms with Gasteiger partial charge in [-0.15, -0.1) is 0 Å². The van der Waals surface area contributed by atoms with E-state index < -0.39 is 11.2 Å². The predicted molar refractivity (Wildman–Crippen MR) is 114 cm³/mol. The van der Waals surface area contributed by atoms with Gasteiger partial charge in [-0.1, -0.05) is 35.5 Å². The largest absolute Gasteiger partial charge is 0.497 e. The molecule has 0 aromatic heterocycles. The van der Waals surface area contributed by atoms with E-state index in [1.165, 1.54) is 23.7 Å². The number of hydrogen-bond acceptors (Lipinski definition) is 5. The van der Waals surface area contributed by atoms with Crippen LogP contribution >= 0.6 is 23.4 Å². The minimum atomic E-state index is -0.534. The molecule has 0 radical (unpaired) electrons. The quantitative estimate of drug-likeness (QED) is 0.583. The van der Waals surface area contributed by atoms with Gasteiger partial charge in [0.1, 0.15) is 22.4 Å². The monoisotopic (exact) mass is 427 g/mol. The second kappa shape index (κ2) is 9.03. The summed E-state index contributed by atoms with van der Waals surface area (Å²) in [5.74, 6) is -0.0849. The number of carbonyl (C=O) groups excluding carboxylic acids is 2. The third-order valence-electron chi connectivity index (χ3n) is 4.40. The number of hydrogen-bond donors (Lipinski definition) is 1. The first-order valence-corrected chi connectivity index (χ1v) is 9.99. The van der Waals surface area contributed by atoms with E-state index in [2.05, 4.69) is 5.32 Å². The van der Waals surface area contributed by atoms with E-state index in [9.17, 15) is 14.9 Å². The molecule has 29 heavy (non-hydrogen) atoms. The Labute approximate surface area is 178 Å². The van der Waals surface area contributed by atoms with Crippen LogP contribution in [0.5, 0.6) is 5.75 Å². The number of ether oxygens (including phenoxy) is 1. The number of nitrogens with zero attached hydrogens (tertiary/aromatic N) is 2. The van der Waals surface area contributed by atoms with Crippen LogP contribution in [0.2, 0.25) is 5.02 Å². The molecule has 0 bridgehead atoms. The molecule has 0 aliphatic carbocycles. The minimum Gasteiger partial charge on any atom is -0.497 e. The topological polar surface area (TPSA) is 82.4 Å². The Bertz CT molecular complexity index is 997. The lowest BCUT2D eigenvalue weighted by Gasteiger charge is -2.18. The van der Waals surface area contributed by atoms with E-state index >= 15 is 0 Å². The molecule has 1 atom stereocenters. The molecule has 8 heteroatoms. The molecule has 1 unspecified atom stereocenters. The Kier molecular flexibility index (Phi) is 6.47. The highest BCUT2D eigenvalue weighted by atomic mass is 35.5. The number of amides is 2. The number of nitriles is 1. The third-order valence-corrected chi connectivity index (χ3v) is 5.91. The van der Waals surface area contributed by atoms with Crippen LogP contribution in [0.15, 0.2) is 59.1 Å². The number of anilines is 1. The summed E-state index contributed by atoms with van der Waals surface area (Å²) in [5, 5.41) is 12.5. The zero-order chi connectivity index (χ0) is 21.0. The van der Waals surface area contributed by atoms with Gasteiger partial charge in [-0.3, -0.25) is 14.5 Å². The lowest BCUT2D eigenvalue weighted by atomic mass is 10.1. The van der Waals surface area contributed by atoms with Gasteiger partial charge in [0, 0.05) is 17.8 Å². The maximum Gasteiger partial charge on any atom is 0.264 e. The van der Waals surface area contributed by atoms with Crippen molar-refractivity contribution in [3.05, 3.63) is 69.7 Å². The van der Waals surface area contributed by atoms with Crippen LogP contribution < -0.4 is 15.0 Å². The average molecular weight is 428 g/mol. The molecule has 1 aliphatic heterocycles. The zero-order valence-corrected chi connectivity index (χ0v) is 17.4. The highest BCUT2D eigenvalue weighted by Gasteiger charge is 2.40. The summed E-state index contributed by atoms with van der Waals surface area (Å²) in [7, 11) is 3.00. The van der Waals surface area contributed by atoms with Crippen molar-refractivity contribution in [1.82, 2.24) is 5.32 Å². The molecule has 0 saturated carbocycles. The first kappa shape index (κ1) is 20.8. The van der Waals surface area contributed by atoms with E-state index in [1.54, 1.807) is 43.5 Å². The Morgan fingerprint density at radius 1 is 1.24 bits per heavy atom. The van der Waals surface area contributed by atoms with Gasteiger partial charge in [0.15, 0.2) is 0 Å². The van der Waals surface area contributed by atoms with Crippen LogP contribution in [0.4, 0.5) is 5.69 Å². The molecule has 1 saturated heterocycles. The lowest BCUT2D eigenvalue weighted by molar-refractivity contribution is -0.117. The standard InChI is InChI=1S/C21H18ClN3O3S/c1-24-19(26)17(12-23)21-25(15-7-9-16(28-2)10-8-15)20(27)18(29-21)11-13-3-5-14(22)6-4-13/h3-10,18H,11H2,1-2H3,(H,24,26)/b21-17-. The van der Waals surface area contributed by atoms with E-state index in [1.807, 2.05) is 18.2 Å². The van der Waals surface area contributed by atoms with Gasteiger partial charge in [0.2, 0.25) is 5.91 Å². The maximum absolute atomic E-state index is 13.2. The van der Waals surface area contributed by atoms with Crippen molar-refractivity contribution >= 4 is 40.9 Å². The molecule has 0 spiro atoms. The van der Waals surface area contributed by atoms with Crippen molar-refractivity contribution in [1.29, 1.82) is 5.26 Å². The number of methoxy groups -OCH3 is 1. The number of benzene rings is 2. The van der Waals surface area contributed by atoms with Crippen molar-refractivity contribution in [2.75, 3.05) is 19.1 Å². The van der Waals surface area contributed by atoms with Gasteiger partial charge in [-0.05, 0) is 48.4 Å². The molecule has 1 fully saturated rings. The summed E-state index contributed by atoms with van der Waals surface area (Å²) in [6.45, 7) is 0. The van der Waals surface area contributed by atoms with Gasteiger partial charge in [-0.25, -0.2) is 0 Å². The molecular weight excluding hydrogens is 410 g/mol. The number of rotatable bonds is 5. The predicted octanol–water partition coefficient (Wildman–Crippen LogP) is 3.52. The molecule has 1 N–H and O–H groups in total. The van der Waals surface area contributed by atoms with E-state index in [0.717, 1.165) is 5.56 Å². The number of thioether (sulfide) groups is 1. The number of nitrogens with one attached hydrogen (secondary N) is 1. The second-order valence-corrected chi connectivity index (χ2v) is 7.81. The molecule has 6 nitrogen and oxygen atoms in total. The fourth-order valence-corrected chi connectivity index (χ4v) is 4.35. The third kappa shape index (κ3) is 4.39. The molecule has 148 valence electrons. The molecule has 3 rings (SSSR count). The lowest BCUT2D eigenvalue weighted by Crippen LogP contribution is -2.31. The Balaban J connectivity index is 2.02. The molecule has 1 aliphatic rings. The Morgan fingerprint density at radius 3 is 2.45 bits per heavy atom. The van der Waals surface area contributed by atoms with Crippen LogP contribution in [0.25, 0.3) is 0 Å². The first-order valence-electron chi connectivity index (χ1n) is 8.74. The smallest absolute Gasteiger partial charge is 0.264 e. The van der Waals surface area contributed by atoms with Crippen LogP contribution in [0, 0.1) is 11.3 Å². The van der Waals surface area contributed by atoms with Crippen molar-refractivity contribution in [2.24, 2.45) is 0 Å². The zero-order valence-electron chi connectivity index (χ0n) is 15.8. The van der Waals surface area contributed by atoms with E-state index in [-0.39, 0.29) is 11.5 Å². The summed E-state index contributed by atoms with van der Waals surface area (Å²) in [6.07, 6.45) is 0.448. The van der Waals surface area contributed by atoms with Crippen molar-refractivity contribution in [3.63, 3.8) is 0 Å². The van der Waals surface area contributed by atoms with Crippen LogP contribution in [-0.4, -0.2) is 31.2 Å². The number of halogens is 1. The normalized spacial score (nSPS) is 17.7. The van der Waals surface area contributed by atoms with Gasteiger partial charge < -0.3 is 10.1 Å². The van der Waals surface area contributed by atoms with E-state index in [0.29, 0.717) is 27.9 Å². The Hall–Kier alpha value is -2.95. The molecule has 2 amide bonds. The summed E-state index contributed by atoms with van der Waals surface area (Å²) in [5.41, 5.74) is 1.41. The Morgan fingerprint density at radius 2 is 1.90 bits per heavy atom. The van der Waals surface area contributed by atoms with Crippen LogP contribution in [0.3, 0.4) is 0 Å². The molecule has 2 aromatic rings. The highest BCUT2D eigenvalue weighted by molar-refractivity contribution is 8.05.